The molecule has 320 valence electrons. The molecule has 6 atom stereocenters. The highest BCUT2D eigenvalue weighted by Gasteiger charge is 2.29. The number of anilines is 2. The van der Waals surface area contributed by atoms with Gasteiger partial charge in [0.15, 0.2) is 22.9 Å². The summed E-state index contributed by atoms with van der Waals surface area (Å²) < 4.78 is 18.0. The number of aliphatic hydroxyl groups is 2. The number of methoxy groups -OCH3 is 2. The van der Waals surface area contributed by atoms with E-state index in [0.29, 0.717) is 45.6 Å². The van der Waals surface area contributed by atoms with Crippen LogP contribution >= 0.6 is 0 Å². The van der Waals surface area contributed by atoms with E-state index in [1.165, 1.54) is 14.2 Å². The molecule has 18 heteroatoms. The summed E-state index contributed by atoms with van der Waals surface area (Å²) in [6.45, 7) is 4.14. The van der Waals surface area contributed by atoms with E-state index < -0.39 is 0 Å². The first-order valence-corrected chi connectivity index (χ1v) is 20.8. The van der Waals surface area contributed by atoms with Gasteiger partial charge in [-0.15, -0.1) is 0 Å². The van der Waals surface area contributed by atoms with E-state index in [4.69, 9.17) is 19.7 Å². The molecule has 0 spiro atoms. The van der Waals surface area contributed by atoms with Crippen molar-refractivity contribution in [3.63, 3.8) is 0 Å². The number of imidazole rings is 2. The molecule has 4 N–H and O–H groups in total. The number of nitrogens with zero attached hydrogens (tertiary/aromatic N) is 10. The van der Waals surface area contributed by atoms with Gasteiger partial charge in [0.1, 0.15) is 11.5 Å². The Kier molecular flexibility index (Phi) is 11.0. The van der Waals surface area contributed by atoms with Crippen LogP contribution in [-0.2, 0) is 0 Å². The van der Waals surface area contributed by atoms with Gasteiger partial charge in [0.05, 0.1) is 73.1 Å². The summed E-state index contributed by atoms with van der Waals surface area (Å²) in [4.78, 5) is 34.6. The molecule has 0 aliphatic heterocycles. The Morgan fingerprint density at radius 2 is 1.10 bits per heavy atom. The SMILES string of the molecule is COc1cc2nn([C@@H]3CC[C@H](O)[C@H](C)C3)cc2cc1C(=O)Nc1cnc2cccnn12.COc1cc2nn([C@@H]3CC[C@H](O)[C@H](C)C3)cc2cc1C(=O)Nc1cnc2cccnn12. The molecule has 6 heterocycles. The summed E-state index contributed by atoms with van der Waals surface area (Å²) in [6.07, 6.45) is 14.9. The van der Waals surface area contributed by atoms with E-state index in [2.05, 4.69) is 44.6 Å². The minimum absolute atomic E-state index is 0.235. The lowest BCUT2D eigenvalue weighted by molar-refractivity contribution is 0.0573. The monoisotopic (exact) mass is 840 g/mol. The molecule has 62 heavy (non-hydrogen) atoms. The Hall–Kier alpha value is -6.92. The van der Waals surface area contributed by atoms with Crippen molar-refractivity contribution in [2.24, 2.45) is 11.8 Å². The van der Waals surface area contributed by atoms with Gasteiger partial charge in [0, 0.05) is 47.7 Å². The fourth-order valence-corrected chi connectivity index (χ4v) is 8.59. The van der Waals surface area contributed by atoms with Crippen molar-refractivity contribution >= 4 is 56.6 Å². The van der Waals surface area contributed by atoms with Crippen LogP contribution in [-0.4, -0.2) is 97.2 Å². The molecule has 2 aliphatic carbocycles. The minimum atomic E-state index is -0.312. The van der Waals surface area contributed by atoms with Gasteiger partial charge in [0.2, 0.25) is 0 Å². The fraction of sp³-hybridized carbons (Fsp3) is 0.364. The van der Waals surface area contributed by atoms with Crippen LogP contribution in [0.3, 0.4) is 0 Å². The lowest BCUT2D eigenvalue weighted by atomic mass is 9.85. The Bertz CT molecular complexity index is 2720. The Morgan fingerprint density at radius 3 is 1.50 bits per heavy atom. The molecule has 0 unspecified atom stereocenters. The van der Waals surface area contributed by atoms with E-state index in [0.717, 1.165) is 60.3 Å². The van der Waals surface area contributed by atoms with Gasteiger partial charge in [-0.1, -0.05) is 13.8 Å². The van der Waals surface area contributed by atoms with Crippen LogP contribution in [0.1, 0.15) is 85.2 Å². The number of ether oxygens (including phenoxy) is 2. The van der Waals surface area contributed by atoms with Crippen LogP contribution in [0.2, 0.25) is 0 Å². The Balaban J connectivity index is 0.000000158. The average molecular weight is 841 g/mol. The van der Waals surface area contributed by atoms with Gasteiger partial charge in [-0.3, -0.25) is 19.0 Å². The van der Waals surface area contributed by atoms with E-state index in [1.807, 2.05) is 33.9 Å². The van der Waals surface area contributed by atoms with E-state index in [-0.39, 0.29) is 47.9 Å². The van der Waals surface area contributed by atoms with Crippen molar-refractivity contribution in [2.75, 3.05) is 24.9 Å². The number of aliphatic hydroxyl groups excluding tert-OH is 2. The Labute approximate surface area is 355 Å². The number of hydrogen-bond donors (Lipinski definition) is 4. The molecular weight excluding hydrogens is 793 g/mol. The quantitative estimate of drug-likeness (QED) is 0.136. The van der Waals surface area contributed by atoms with Gasteiger partial charge in [0.25, 0.3) is 11.8 Å². The van der Waals surface area contributed by atoms with Crippen LogP contribution in [0, 0.1) is 11.8 Å². The van der Waals surface area contributed by atoms with Gasteiger partial charge < -0.3 is 30.3 Å². The highest BCUT2D eigenvalue weighted by atomic mass is 16.5. The smallest absolute Gasteiger partial charge is 0.260 e. The largest absolute Gasteiger partial charge is 0.496 e. The first-order valence-electron chi connectivity index (χ1n) is 20.8. The maximum atomic E-state index is 13.1. The normalized spacial score (nSPS) is 21.5. The number of carbonyl (C=O) groups is 2. The lowest BCUT2D eigenvalue weighted by Crippen LogP contribution is -2.28. The molecule has 2 fully saturated rings. The first kappa shape index (κ1) is 40.5. The number of benzene rings is 2. The van der Waals surface area contributed by atoms with Crippen LogP contribution in [0.25, 0.3) is 33.1 Å². The molecule has 18 nitrogen and oxygen atoms in total. The van der Waals surface area contributed by atoms with Gasteiger partial charge >= 0.3 is 0 Å². The van der Waals surface area contributed by atoms with Crippen molar-refractivity contribution in [1.82, 2.24) is 48.8 Å². The fourth-order valence-electron chi connectivity index (χ4n) is 8.59. The zero-order valence-electron chi connectivity index (χ0n) is 34.8. The molecule has 8 aromatic rings. The van der Waals surface area contributed by atoms with Crippen molar-refractivity contribution in [3.05, 3.63) is 96.8 Å². The van der Waals surface area contributed by atoms with Gasteiger partial charge in [-0.2, -0.15) is 29.4 Å². The maximum absolute atomic E-state index is 13.1. The number of fused-ring (bicyclic) bond motifs is 4. The number of amides is 2. The highest BCUT2D eigenvalue weighted by Crippen LogP contribution is 2.36. The number of nitrogens with one attached hydrogen (secondary N) is 2. The second-order valence-electron chi connectivity index (χ2n) is 16.2. The molecule has 10 rings (SSSR count). The van der Waals surface area contributed by atoms with Gasteiger partial charge in [-0.25, -0.2) is 9.97 Å². The van der Waals surface area contributed by atoms with Crippen LogP contribution in [0.5, 0.6) is 11.5 Å². The third-order valence-corrected chi connectivity index (χ3v) is 12.2. The summed E-state index contributed by atoms with van der Waals surface area (Å²) >= 11 is 0. The maximum Gasteiger partial charge on any atom is 0.260 e. The third kappa shape index (κ3) is 7.89. The molecule has 2 aliphatic rings. The van der Waals surface area contributed by atoms with Gasteiger partial charge in [-0.05, 0) is 86.8 Å². The van der Waals surface area contributed by atoms with Crippen molar-refractivity contribution in [1.29, 1.82) is 0 Å². The zero-order chi connectivity index (χ0) is 43.1. The molecular formula is C44H48N12O6. The van der Waals surface area contributed by atoms with Crippen molar-refractivity contribution in [2.45, 2.75) is 76.7 Å². The molecule has 0 bridgehead atoms. The van der Waals surface area contributed by atoms with E-state index >= 15 is 0 Å². The van der Waals surface area contributed by atoms with Crippen LogP contribution < -0.4 is 20.1 Å². The predicted molar refractivity (Wildman–Crippen MR) is 231 cm³/mol. The zero-order valence-corrected chi connectivity index (χ0v) is 34.8. The summed E-state index contributed by atoms with van der Waals surface area (Å²) in [7, 11) is 3.07. The third-order valence-electron chi connectivity index (χ3n) is 12.2. The Morgan fingerprint density at radius 1 is 0.661 bits per heavy atom. The van der Waals surface area contributed by atoms with Crippen LogP contribution in [0.4, 0.5) is 11.6 Å². The second kappa shape index (κ2) is 16.9. The molecule has 2 amide bonds. The highest BCUT2D eigenvalue weighted by molar-refractivity contribution is 6.09. The minimum Gasteiger partial charge on any atom is -0.496 e. The summed E-state index contributed by atoms with van der Waals surface area (Å²) in [5.41, 5.74) is 3.65. The summed E-state index contributed by atoms with van der Waals surface area (Å²) in [6, 6.07) is 14.8. The average Bonchev–Trinajstić information content (AvgIpc) is 4.10. The number of hydrogen-bond acceptors (Lipinski definition) is 12. The van der Waals surface area contributed by atoms with Crippen molar-refractivity contribution in [3.8, 4) is 11.5 Å². The van der Waals surface area contributed by atoms with Crippen LogP contribution in [0.15, 0.2) is 85.7 Å². The number of rotatable bonds is 8. The topological polar surface area (TPSA) is 213 Å². The molecule has 0 saturated heterocycles. The first-order chi connectivity index (χ1) is 30.1. The molecule has 0 radical (unpaired) electrons. The molecule has 2 saturated carbocycles. The van der Waals surface area contributed by atoms with E-state index in [1.54, 1.807) is 70.2 Å². The summed E-state index contributed by atoms with van der Waals surface area (Å²) in [5, 5.41) is 45.4. The lowest BCUT2D eigenvalue weighted by Gasteiger charge is -2.31. The predicted octanol–water partition coefficient (Wildman–Crippen LogP) is 6.12. The standard InChI is InChI=1S/2C22H24N6O3/c2*1-13-8-15(5-6-18(13)29)27-12-14-9-16(19(31-2)10-17(14)26-27)22(30)25-21-11-23-20-4-3-7-24-28(20)21/h2*3-4,7,9-13,15,18,29H,5-6,8H2,1-2H3,(H,25,30)/t2*13-,15-,18+/m11/s1. The molecule has 2 aromatic carbocycles. The summed E-state index contributed by atoms with van der Waals surface area (Å²) in [5.74, 6) is 1.71. The van der Waals surface area contributed by atoms with Crippen molar-refractivity contribution < 1.29 is 29.3 Å². The number of aromatic nitrogens is 10. The number of carbonyl (C=O) groups excluding carboxylic acids is 2. The second-order valence-corrected chi connectivity index (χ2v) is 16.2. The van der Waals surface area contributed by atoms with E-state index in [9.17, 15) is 19.8 Å². The molecule has 6 aromatic heterocycles.